The molecule has 0 bridgehead atoms. The van der Waals surface area contributed by atoms with Crippen LogP contribution in [0, 0.1) is 5.41 Å². The summed E-state index contributed by atoms with van der Waals surface area (Å²) in [6.07, 6.45) is 5.86. The highest BCUT2D eigenvalue weighted by Gasteiger charge is 2.49. The number of rotatable bonds is 6. The quantitative estimate of drug-likeness (QED) is 0.428. The lowest BCUT2D eigenvalue weighted by molar-refractivity contribution is -0.172. The van der Waals surface area contributed by atoms with Crippen molar-refractivity contribution in [1.82, 2.24) is 0 Å². The molecule has 0 N–H and O–H groups in total. The number of hydrogen-bond donors (Lipinski definition) is 0. The summed E-state index contributed by atoms with van der Waals surface area (Å²) in [6.45, 7) is 11.6. The number of esters is 2. The number of hydrogen-bond acceptors (Lipinski definition) is 4. The Hall–Kier alpha value is -1.84. The lowest BCUT2D eigenvalue weighted by atomic mass is 9.77. The van der Waals surface area contributed by atoms with Gasteiger partial charge in [0, 0.05) is 0 Å². The van der Waals surface area contributed by atoms with Crippen LogP contribution < -0.4 is 0 Å². The summed E-state index contributed by atoms with van der Waals surface area (Å²) in [7, 11) is 0. The third-order valence-electron chi connectivity index (χ3n) is 3.68. The van der Waals surface area contributed by atoms with E-state index < -0.39 is 17.4 Å². The zero-order chi connectivity index (χ0) is 15.9. The van der Waals surface area contributed by atoms with Crippen molar-refractivity contribution in [3.05, 3.63) is 36.5 Å². The van der Waals surface area contributed by atoms with Crippen molar-refractivity contribution in [3.8, 4) is 0 Å². The Kier molecular flexibility index (Phi) is 6.40. The molecule has 0 atom stereocenters. The highest BCUT2D eigenvalue weighted by molar-refractivity contribution is 6.00. The van der Waals surface area contributed by atoms with Crippen LogP contribution in [0.5, 0.6) is 0 Å². The summed E-state index contributed by atoms with van der Waals surface area (Å²) in [5.74, 6) is -1.01. The van der Waals surface area contributed by atoms with E-state index in [2.05, 4.69) is 13.2 Å². The third kappa shape index (κ3) is 3.84. The largest absolute Gasteiger partial charge is 0.465 e. The smallest absolute Gasteiger partial charge is 0.323 e. The summed E-state index contributed by atoms with van der Waals surface area (Å²) >= 11 is 0. The molecule has 0 amide bonds. The molecule has 1 aliphatic carbocycles. The van der Waals surface area contributed by atoms with Gasteiger partial charge in [0.05, 0.1) is 13.2 Å². The molecular weight excluding hydrogens is 268 g/mol. The average Bonchev–Trinajstić information content (AvgIpc) is 2.71. The predicted octanol–water partition coefficient (Wildman–Crippen LogP) is 3.34. The summed E-state index contributed by atoms with van der Waals surface area (Å²) < 4.78 is 10.3. The van der Waals surface area contributed by atoms with Gasteiger partial charge in [-0.1, -0.05) is 25.3 Å². The molecule has 0 aromatic heterocycles. The van der Waals surface area contributed by atoms with Crippen LogP contribution in [0.3, 0.4) is 0 Å². The lowest BCUT2D eigenvalue weighted by Crippen LogP contribution is -2.42. The van der Waals surface area contributed by atoms with Crippen molar-refractivity contribution in [2.75, 3.05) is 13.2 Å². The third-order valence-corrected chi connectivity index (χ3v) is 3.68. The summed E-state index contributed by atoms with van der Waals surface area (Å²) in [5.41, 5.74) is 0.332. The van der Waals surface area contributed by atoms with Gasteiger partial charge in [0.25, 0.3) is 0 Å². The molecular formula is C17H24O4. The Morgan fingerprint density at radius 3 is 2.33 bits per heavy atom. The summed E-state index contributed by atoms with van der Waals surface area (Å²) in [4.78, 5) is 24.9. The fourth-order valence-corrected chi connectivity index (χ4v) is 2.51. The van der Waals surface area contributed by atoms with E-state index in [9.17, 15) is 9.59 Å². The Balaban J connectivity index is 3.18. The Bertz CT molecular complexity index is 441. The second kappa shape index (κ2) is 7.81. The first kappa shape index (κ1) is 17.2. The van der Waals surface area contributed by atoms with Gasteiger partial charge in [0.15, 0.2) is 5.41 Å². The molecule has 0 saturated heterocycles. The van der Waals surface area contributed by atoms with Crippen LogP contribution >= 0.6 is 0 Å². The van der Waals surface area contributed by atoms with Crippen molar-refractivity contribution in [3.63, 3.8) is 0 Å². The maximum Gasteiger partial charge on any atom is 0.323 e. The molecule has 0 aliphatic heterocycles. The molecule has 1 rings (SSSR count). The Labute approximate surface area is 126 Å². The second-order valence-electron chi connectivity index (χ2n) is 5.05. The van der Waals surface area contributed by atoms with E-state index in [4.69, 9.17) is 9.47 Å². The first-order valence-corrected chi connectivity index (χ1v) is 7.37. The van der Waals surface area contributed by atoms with Crippen molar-refractivity contribution in [2.24, 2.45) is 5.41 Å². The molecule has 21 heavy (non-hydrogen) atoms. The minimum atomic E-state index is -1.26. The van der Waals surface area contributed by atoms with Crippen LogP contribution in [-0.4, -0.2) is 25.2 Å². The van der Waals surface area contributed by atoms with E-state index in [1.165, 1.54) is 0 Å². The van der Waals surface area contributed by atoms with Gasteiger partial charge < -0.3 is 9.47 Å². The molecule has 0 unspecified atom stereocenters. The van der Waals surface area contributed by atoms with Gasteiger partial charge in [-0.15, -0.1) is 0 Å². The Morgan fingerprint density at radius 2 is 1.86 bits per heavy atom. The second-order valence-corrected chi connectivity index (χ2v) is 5.05. The first-order valence-electron chi connectivity index (χ1n) is 7.37. The molecule has 0 heterocycles. The molecule has 0 saturated carbocycles. The standard InChI is InChI=1S/C17H24O4/c1-5-13(4)14-10-8-9-11-17(12-14,15(18)20-6-2)16(19)21-7-3/h5,10H,1,4,6-9,11-12H2,2-3H3. The fraction of sp³-hybridized carbons (Fsp3) is 0.529. The van der Waals surface area contributed by atoms with Gasteiger partial charge in [-0.25, -0.2) is 0 Å². The molecule has 0 fully saturated rings. The van der Waals surface area contributed by atoms with Gasteiger partial charge in [-0.05, 0) is 50.7 Å². The SMILES string of the molecule is C=CC(=C)C1=CCCCC(C(=O)OCC)(C(=O)OCC)C1. The average molecular weight is 292 g/mol. The van der Waals surface area contributed by atoms with E-state index in [-0.39, 0.29) is 19.6 Å². The molecule has 4 heteroatoms. The first-order chi connectivity index (χ1) is 10.0. The molecule has 116 valence electrons. The summed E-state index contributed by atoms with van der Waals surface area (Å²) in [5, 5.41) is 0. The van der Waals surface area contributed by atoms with Crippen LogP contribution in [0.25, 0.3) is 0 Å². The number of carbonyl (C=O) groups excluding carboxylic acids is 2. The molecule has 4 nitrogen and oxygen atoms in total. The molecule has 0 aromatic rings. The minimum absolute atomic E-state index is 0.238. The molecule has 0 radical (unpaired) electrons. The number of allylic oxidation sites excluding steroid dienone is 4. The van der Waals surface area contributed by atoms with E-state index in [0.717, 1.165) is 24.0 Å². The van der Waals surface area contributed by atoms with Crippen LogP contribution in [0.15, 0.2) is 36.5 Å². The van der Waals surface area contributed by atoms with Crippen LogP contribution in [-0.2, 0) is 19.1 Å². The van der Waals surface area contributed by atoms with E-state index >= 15 is 0 Å². The van der Waals surface area contributed by atoms with Crippen LogP contribution in [0.2, 0.25) is 0 Å². The van der Waals surface area contributed by atoms with Crippen molar-refractivity contribution in [1.29, 1.82) is 0 Å². The van der Waals surface area contributed by atoms with Crippen LogP contribution in [0.4, 0.5) is 0 Å². The van der Waals surface area contributed by atoms with E-state index in [1.54, 1.807) is 19.9 Å². The van der Waals surface area contributed by atoms with E-state index in [0.29, 0.717) is 6.42 Å². The molecule has 0 aromatic carbocycles. The minimum Gasteiger partial charge on any atom is -0.465 e. The Morgan fingerprint density at radius 1 is 1.29 bits per heavy atom. The lowest BCUT2D eigenvalue weighted by Gasteiger charge is -2.29. The summed E-state index contributed by atoms with van der Waals surface area (Å²) in [6, 6.07) is 0. The van der Waals surface area contributed by atoms with Crippen molar-refractivity contribution in [2.45, 2.75) is 39.5 Å². The zero-order valence-corrected chi connectivity index (χ0v) is 12.9. The van der Waals surface area contributed by atoms with Gasteiger partial charge in [0.2, 0.25) is 0 Å². The fourth-order valence-electron chi connectivity index (χ4n) is 2.51. The highest BCUT2D eigenvalue weighted by atomic mass is 16.6. The number of ether oxygens (including phenoxy) is 2. The normalized spacial score (nSPS) is 17.1. The van der Waals surface area contributed by atoms with Gasteiger partial charge >= 0.3 is 11.9 Å². The van der Waals surface area contributed by atoms with Crippen molar-refractivity contribution >= 4 is 11.9 Å². The van der Waals surface area contributed by atoms with Gasteiger partial charge in [0.1, 0.15) is 0 Å². The number of carbonyl (C=O) groups is 2. The zero-order valence-electron chi connectivity index (χ0n) is 12.9. The predicted molar refractivity (Wildman–Crippen MR) is 81.6 cm³/mol. The highest BCUT2D eigenvalue weighted by Crippen LogP contribution is 2.40. The maximum atomic E-state index is 12.4. The molecule has 0 spiro atoms. The van der Waals surface area contributed by atoms with E-state index in [1.807, 2.05) is 6.08 Å². The van der Waals surface area contributed by atoms with Gasteiger partial charge in [-0.2, -0.15) is 0 Å². The molecule has 1 aliphatic rings. The monoisotopic (exact) mass is 292 g/mol. The maximum absolute atomic E-state index is 12.4. The van der Waals surface area contributed by atoms with Gasteiger partial charge in [-0.3, -0.25) is 9.59 Å². The van der Waals surface area contributed by atoms with Crippen molar-refractivity contribution < 1.29 is 19.1 Å². The topological polar surface area (TPSA) is 52.6 Å². The van der Waals surface area contributed by atoms with Crippen LogP contribution in [0.1, 0.15) is 39.5 Å².